The summed E-state index contributed by atoms with van der Waals surface area (Å²) in [5.74, 6) is 0.919. The Morgan fingerprint density at radius 2 is 1.89 bits per heavy atom. The van der Waals surface area contributed by atoms with Crippen LogP contribution in [0.2, 0.25) is 0 Å². The average Bonchev–Trinajstić information content (AvgIpc) is 3.52. The van der Waals surface area contributed by atoms with Gasteiger partial charge in [0.15, 0.2) is 5.65 Å². The zero-order valence-corrected chi connectivity index (χ0v) is 23.0. The van der Waals surface area contributed by atoms with Gasteiger partial charge in [-0.2, -0.15) is 0 Å². The van der Waals surface area contributed by atoms with Crippen LogP contribution in [0, 0.1) is 5.41 Å². The average molecular weight is 531 g/mol. The Labute approximate surface area is 227 Å². The van der Waals surface area contributed by atoms with E-state index in [4.69, 9.17) is 9.72 Å². The fourth-order valence-corrected chi connectivity index (χ4v) is 7.04. The third kappa shape index (κ3) is 4.79. The Kier molecular flexibility index (Phi) is 6.42. The van der Waals surface area contributed by atoms with Gasteiger partial charge >= 0.3 is 6.09 Å². The summed E-state index contributed by atoms with van der Waals surface area (Å²) in [4.78, 5) is 31.0. The van der Waals surface area contributed by atoms with Crippen LogP contribution < -0.4 is 10.2 Å². The lowest BCUT2D eigenvalue weighted by atomic mass is 9.74. The van der Waals surface area contributed by atoms with Gasteiger partial charge in [-0.1, -0.05) is 42.4 Å². The minimum absolute atomic E-state index is 0.124. The highest BCUT2D eigenvalue weighted by Crippen LogP contribution is 2.47. The van der Waals surface area contributed by atoms with Crippen molar-refractivity contribution in [3.63, 3.8) is 0 Å². The molecule has 38 heavy (non-hydrogen) atoms. The molecule has 8 nitrogen and oxygen atoms in total. The monoisotopic (exact) mass is 530 g/mol. The number of benzene rings is 1. The lowest BCUT2D eigenvalue weighted by Gasteiger charge is -2.43. The van der Waals surface area contributed by atoms with Gasteiger partial charge in [-0.25, -0.2) is 14.8 Å². The maximum atomic E-state index is 12.5. The number of aromatic nitrogens is 4. The predicted octanol–water partition coefficient (Wildman–Crippen LogP) is 6.09. The topological polar surface area (TPSA) is 84.6 Å². The van der Waals surface area contributed by atoms with Crippen LogP contribution >= 0.6 is 11.8 Å². The number of ether oxygens (including phenoxy) is 1. The van der Waals surface area contributed by atoms with E-state index in [1.807, 2.05) is 57.8 Å². The van der Waals surface area contributed by atoms with Crippen molar-refractivity contribution in [2.75, 3.05) is 18.0 Å². The molecule has 1 saturated heterocycles. The molecule has 9 heteroatoms. The molecule has 1 aliphatic heterocycles. The summed E-state index contributed by atoms with van der Waals surface area (Å²) in [6.07, 6.45) is 14.6. The number of alkyl carbamates (subject to hydrolysis) is 1. The number of anilines is 1. The van der Waals surface area contributed by atoms with E-state index in [0.29, 0.717) is 0 Å². The SMILES string of the molecule is CC(C)(C)OC(=O)N[C@@H]1CCCC12CCN(c1ncc(Sc3cncc4ccccc34)c3nccn13)CC2. The van der Waals surface area contributed by atoms with E-state index in [1.165, 1.54) is 5.39 Å². The lowest BCUT2D eigenvalue weighted by molar-refractivity contribution is 0.0442. The molecule has 1 atom stereocenters. The summed E-state index contributed by atoms with van der Waals surface area (Å²) < 4.78 is 7.66. The smallest absolute Gasteiger partial charge is 0.407 e. The zero-order chi connectivity index (χ0) is 26.3. The summed E-state index contributed by atoms with van der Waals surface area (Å²) in [5.41, 5.74) is 0.535. The Morgan fingerprint density at radius 3 is 2.71 bits per heavy atom. The molecule has 0 unspecified atom stereocenters. The number of carbonyl (C=O) groups is 1. The molecule has 2 fully saturated rings. The first-order chi connectivity index (χ1) is 18.3. The lowest BCUT2D eigenvalue weighted by Crippen LogP contribution is -2.51. The minimum atomic E-state index is -0.490. The first kappa shape index (κ1) is 25.0. The van der Waals surface area contributed by atoms with E-state index in [0.717, 1.165) is 72.0 Å². The van der Waals surface area contributed by atoms with Gasteiger partial charge in [0.05, 0.1) is 4.90 Å². The largest absolute Gasteiger partial charge is 0.444 e. The molecule has 1 N–H and O–H groups in total. The molecule has 6 rings (SSSR count). The second-order valence-corrected chi connectivity index (χ2v) is 12.5. The molecule has 198 valence electrons. The van der Waals surface area contributed by atoms with Crippen molar-refractivity contribution < 1.29 is 9.53 Å². The molecular formula is C29H34N6O2S. The minimum Gasteiger partial charge on any atom is -0.444 e. The van der Waals surface area contributed by atoms with Gasteiger partial charge in [-0.15, -0.1) is 0 Å². The van der Waals surface area contributed by atoms with Crippen molar-refractivity contribution >= 4 is 40.2 Å². The number of nitrogens with one attached hydrogen (secondary N) is 1. The highest BCUT2D eigenvalue weighted by atomic mass is 32.2. The van der Waals surface area contributed by atoms with Gasteiger partial charge in [-0.3, -0.25) is 9.38 Å². The number of hydrogen-bond donors (Lipinski definition) is 1. The van der Waals surface area contributed by atoms with Crippen LogP contribution in [-0.2, 0) is 4.74 Å². The van der Waals surface area contributed by atoms with Crippen LogP contribution in [0.4, 0.5) is 10.7 Å². The molecule has 0 radical (unpaired) electrons. The van der Waals surface area contributed by atoms with Crippen LogP contribution in [0.5, 0.6) is 0 Å². The molecule has 1 aromatic carbocycles. The van der Waals surface area contributed by atoms with Crippen LogP contribution in [0.15, 0.2) is 65.0 Å². The number of pyridine rings is 1. The Morgan fingerprint density at radius 1 is 1.08 bits per heavy atom. The van der Waals surface area contributed by atoms with Gasteiger partial charge in [0, 0.05) is 60.4 Å². The molecule has 1 saturated carbocycles. The van der Waals surface area contributed by atoms with Crippen molar-refractivity contribution in [2.45, 2.75) is 74.3 Å². The third-order valence-electron chi connectivity index (χ3n) is 7.87. The second-order valence-electron chi connectivity index (χ2n) is 11.4. The Hall–Kier alpha value is -3.33. The van der Waals surface area contributed by atoms with Crippen molar-refractivity contribution in [1.82, 2.24) is 24.7 Å². The fourth-order valence-electron chi connectivity index (χ4n) is 6.04. The van der Waals surface area contributed by atoms with Crippen LogP contribution in [-0.4, -0.2) is 50.2 Å². The van der Waals surface area contributed by atoms with E-state index >= 15 is 0 Å². The first-order valence-electron chi connectivity index (χ1n) is 13.4. The quantitative estimate of drug-likeness (QED) is 0.342. The molecule has 1 amide bonds. The maximum absolute atomic E-state index is 12.5. The zero-order valence-electron chi connectivity index (χ0n) is 22.2. The molecule has 0 bridgehead atoms. The van der Waals surface area contributed by atoms with Crippen molar-refractivity contribution in [3.05, 3.63) is 55.2 Å². The fraction of sp³-hybridized carbons (Fsp3) is 0.448. The number of carbonyl (C=O) groups excluding carboxylic acids is 1. The van der Waals surface area contributed by atoms with Gasteiger partial charge in [0.25, 0.3) is 0 Å². The first-order valence-corrected chi connectivity index (χ1v) is 14.2. The van der Waals surface area contributed by atoms with E-state index in [2.05, 4.69) is 42.8 Å². The number of hydrogen-bond acceptors (Lipinski definition) is 7. The van der Waals surface area contributed by atoms with Gasteiger partial charge in [-0.05, 0) is 57.3 Å². The number of nitrogens with zero attached hydrogens (tertiary/aromatic N) is 5. The maximum Gasteiger partial charge on any atom is 0.407 e. The molecule has 2 aliphatic rings. The highest BCUT2D eigenvalue weighted by Gasteiger charge is 2.46. The Bertz CT molecular complexity index is 1470. The van der Waals surface area contributed by atoms with Crippen LogP contribution in [0.25, 0.3) is 16.4 Å². The van der Waals surface area contributed by atoms with E-state index in [1.54, 1.807) is 11.8 Å². The standard InChI is InChI=1S/C29H34N6O2S/c1-28(2,3)37-27(36)33-24-9-6-10-29(24)11-14-34(15-12-29)26-32-19-23(25-31-13-16-35(25)26)38-22-18-30-17-20-7-4-5-8-21(20)22/h4-5,7-8,13,16-19,24H,6,9-12,14-15H2,1-3H3,(H,33,36)/t24-/m1/s1. The van der Waals surface area contributed by atoms with Crippen molar-refractivity contribution in [1.29, 1.82) is 0 Å². The molecule has 1 aliphatic carbocycles. The molecular weight excluding hydrogens is 496 g/mol. The normalized spacial score (nSPS) is 19.3. The Balaban J connectivity index is 1.19. The number of rotatable bonds is 4. The van der Waals surface area contributed by atoms with Crippen molar-refractivity contribution in [3.8, 4) is 0 Å². The van der Waals surface area contributed by atoms with Crippen molar-refractivity contribution in [2.24, 2.45) is 5.41 Å². The summed E-state index contributed by atoms with van der Waals surface area (Å²) in [6, 6.07) is 8.46. The molecule has 3 aromatic heterocycles. The molecule has 4 aromatic rings. The van der Waals surface area contributed by atoms with Crippen LogP contribution in [0.1, 0.15) is 52.9 Å². The number of fused-ring (bicyclic) bond motifs is 2. The molecule has 4 heterocycles. The van der Waals surface area contributed by atoms with E-state index < -0.39 is 5.60 Å². The van der Waals surface area contributed by atoms with Gasteiger partial charge in [0.1, 0.15) is 5.60 Å². The number of imidazole rings is 1. The number of piperidine rings is 1. The molecule has 1 spiro atoms. The summed E-state index contributed by atoms with van der Waals surface area (Å²) in [5, 5.41) is 5.50. The van der Waals surface area contributed by atoms with E-state index in [9.17, 15) is 4.79 Å². The summed E-state index contributed by atoms with van der Waals surface area (Å²) in [6.45, 7) is 7.51. The number of amides is 1. The summed E-state index contributed by atoms with van der Waals surface area (Å²) in [7, 11) is 0. The summed E-state index contributed by atoms with van der Waals surface area (Å²) >= 11 is 1.65. The predicted molar refractivity (Wildman–Crippen MR) is 150 cm³/mol. The van der Waals surface area contributed by atoms with E-state index in [-0.39, 0.29) is 17.6 Å². The van der Waals surface area contributed by atoms with Gasteiger partial charge in [0.2, 0.25) is 5.95 Å². The highest BCUT2D eigenvalue weighted by molar-refractivity contribution is 7.99. The third-order valence-corrected chi connectivity index (χ3v) is 8.92. The van der Waals surface area contributed by atoms with Crippen LogP contribution in [0.3, 0.4) is 0 Å². The van der Waals surface area contributed by atoms with Gasteiger partial charge < -0.3 is 15.0 Å². The second kappa shape index (κ2) is 9.76.